The average Bonchev–Trinajstić information content (AvgIpc) is 3.25. The largest absolute Gasteiger partial charge is 0.349 e. The minimum atomic E-state index is 0.0212. The molecule has 7 heteroatoms. The van der Waals surface area contributed by atoms with Crippen molar-refractivity contribution >= 4 is 23.2 Å². The van der Waals surface area contributed by atoms with Crippen molar-refractivity contribution in [3.63, 3.8) is 0 Å². The highest BCUT2D eigenvalue weighted by Crippen LogP contribution is 2.22. The molecule has 1 aliphatic rings. The molecule has 0 atom stereocenters. The van der Waals surface area contributed by atoms with Crippen LogP contribution in [0.1, 0.15) is 47.8 Å². The molecule has 6 nitrogen and oxygen atoms in total. The van der Waals surface area contributed by atoms with E-state index in [0.717, 1.165) is 35.7 Å². The lowest BCUT2D eigenvalue weighted by Gasteiger charge is -2.27. The van der Waals surface area contributed by atoms with Crippen molar-refractivity contribution in [1.82, 2.24) is 19.8 Å². The number of hydrogen-bond donors (Lipinski definition) is 1. The van der Waals surface area contributed by atoms with Gasteiger partial charge in [-0.2, -0.15) is 11.3 Å². The molecule has 3 heterocycles. The lowest BCUT2D eigenvalue weighted by atomic mass is 10.1. The highest BCUT2D eigenvalue weighted by Gasteiger charge is 2.27. The highest BCUT2D eigenvalue weighted by atomic mass is 32.1. The molecule has 0 spiro atoms. The van der Waals surface area contributed by atoms with Crippen molar-refractivity contribution < 1.29 is 9.59 Å². The summed E-state index contributed by atoms with van der Waals surface area (Å²) in [5, 5.41) is 6.70. The number of rotatable bonds is 5. The summed E-state index contributed by atoms with van der Waals surface area (Å²) in [5.74, 6) is 0.966. The summed E-state index contributed by atoms with van der Waals surface area (Å²) in [5.41, 5.74) is 2.89. The Morgan fingerprint density at radius 2 is 2.21 bits per heavy atom. The van der Waals surface area contributed by atoms with E-state index in [1.165, 1.54) is 11.3 Å². The second-order valence-corrected chi connectivity index (χ2v) is 6.56. The maximum absolute atomic E-state index is 12.6. The maximum atomic E-state index is 12.6. The number of nitrogens with one attached hydrogen (secondary N) is 1. The van der Waals surface area contributed by atoms with Gasteiger partial charge >= 0.3 is 0 Å². The van der Waals surface area contributed by atoms with Crippen LogP contribution in [-0.4, -0.2) is 32.8 Å². The molecular weight excluding hydrogens is 324 g/mol. The van der Waals surface area contributed by atoms with E-state index in [0.29, 0.717) is 26.1 Å². The topological polar surface area (TPSA) is 67.2 Å². The predicted molar refractivity (Wildman–Crippen MR) is 92.8 cm³/mol. The third kappa shape index (κ3) is 3.21. The number of carbonyl (C=O) groups is 2. The van der Waals surface area contributed by atoms with Crippen LogP contribution in [0.4, 0.5) is 0 Å². The zero-order chi connectivity index (χ0) is 17.1. The Morgan fingerprint density at radius 3 is 2.88 bits per heavy atom. The van der Waals surface area contributed by atoms with Crippen molar-refractivity contribution in [3.8, 4) is 0 Å². The molecule has 2 amide bonds. The zero-order valence-corrected chi connectivity index (χ0v) is 14.9. The van der Waals surface area contributed by atoms with Crippen LogP contribution < -0.4 is 5.32 Å². The molecule has 128 valence electrons. The number of fused-ring (bicyclic) bond motifs is 1. The zero-order valence-electron chi connectivity index (χ0n) is 14.0. The predicted octanol–water partition coefficient (Wildman–Crippen LogP) is 2.19. The summed E-state index contributed by atoms with van der Waals surface area (Å²) >= 11 is 1.54. The first-order valence-corrected chi connectivity index (χ1v) is 9.23. The van der Waals surface area contributed by atoms with Crippen LogP contribution in [0.3, 0.4) is 0 Å². The summed E-state index contributed by atoms with van der Waals surface area (Å²) in [6, 6.07) is 1.87. The van der Waals surface area contributed by atoms with Gasteiger partial charge in [0.1, 0.15) is 5.82 Å². The van der Waals surface area contributed by atoms with Crippen LogP contribution in [0.25, 0.3) is 0 Å². The first-order chi connectivity index (χ1) is 11.6. The second-order valence-electron chi connectivity index (χ2n) is 5.78. The SMILES string of the molecule is CCC(=O)NCc1nc2c(n1CC)CN(C(=O)c1ccsc1)CC2. The van der Waals surface area contributed by atoms with Gasteiger partial charge in [0.05, 0.1) is 30.0 Å². The van der Waals surface area contributed by atoms with Crippen molar-refractivity contribution in [2.45, 2.75) is 46.3 Å². The van der Waals surface area contributed by atoms with Crippen molar-refractivity contribution in [2.24, 2.45) is 0 Å². The van der Waals surface area contributed by atoms with E-state index in [4.69, 9.17) is 4.98 Å². The summed E-state index contributed by atoms with van der Waals surface area (Å²) < 4.78 is 2.12. The minimum absolute atomic E-state index is 0.0212. The fraction of sp³-hybridized carbons (Fsp3) is 0.471. The van der Waals surface area contributed by atoms with Crippen LogP contribution >= 0.6 is 11.3 Å². The molecule has 0 fully saturated rings. The van der Waals surface area contributed by atoms with Gasteiger partial charge in [-0.05, 0) is 18.4 Å². The molecule has 2 aromatic rings. The van der Waals surface area contributed by atoms with Gasteiger partial charge in [-0.3, -0.25) is 9.59 Å². The van der Waals surface area contributed by atoms with Gasteiger partial charge in [-0.1, -0.05) is 6.92 Å². The fourth-order valence-corrected chi connectivity index (χ4v) is 3.65. The van der Waals surface area contributed by atoms with Crippen molar-refractivity contribution in [1.29, 1.82) is 0 Å². The lowest BCUT2D eigenvalue weighted by Crippen LogP contribution is -2.36. The summed E-state index contributed by atoms with van der Waals surface area (Å²) in [4.78, 5) is 30.7. The Morgan fingerprint density at radius 1 is 1.38 bits per heavy atom. The smallest absolute Gasteiger partial charge is 0.255 e. The number of aromatic nitrogens is 2. The minimum Gasteiger partial charge on any atom is -0.349 e. The normalized spacial score (nSPS) is 13.7. The van der Waals surface area contributed by atoms with E-state index in [2.05, 4.69) is 16.8 Å². The summed E-state index contributed by atoms with van der Waals surface area (Å²) in [7, 11) is 0. The first-order valence-electron chi connectivity index (χ1n) is 8.29. The van der Waals surface area contributed by atoms with Crippen LogP contribution in [0, 0.1) is 0 Å². The van der Waals surface area contributed by atoms with Gasteiger partial charge in [0, 0.05) is 31.3 Å². The monoisotopic (exact) mass is 346 g/mol. The van der Waals surface area contributed by atoms with Gasteiger partial charge in [-0.15, -0.1) is 0 Å². The molecule has 0 aliphatic carbocycles. The molecule has 2 aromatic heterocycles. The van der Waals surface area contributed by atoms with Gasteiger partial charge in [0.25, 0.3) is 5.91 Å². The molecule has 0 aromatic carbocycles. The molecule has 1 aliphatic heterocycles. The number of hydrogen-bond acceptors (Lipinski definition) is 4. The van der Waals surface area contributed by atoms with Gasteiger partial charge < -0.3 is 14.8 Å². The summed E-state index contributed by atoms with van der Waals surface area (Å²) in [6.07, 6.45) is 1.22. The summed E-state index contributed by atoms with van der Waals surface area (Å²) in [6.45, 7) is 6.37. The van der Waals surface area contributed by atoms with E-state index in [1.54, 1.807) is 0 Å². The first kappa shape index (κ1) is 16.7. The van der Waals surface area contributed by atoms with Crippen molar-refractivity contribution in [3.05, 3.63) is 39.6 Å². The van der Waals surface area contributed by atoms with Crippen molar-refractivity contribution in [2.75, 3.05) is 6.54 Å². The maximum Gasteiger partial charge on any atom is 0.255 e. The molecule has 0 saturated heterocycles. The van der Waals surface area contributed by atoms with Crippen LogP contribution in [0.2, 0.25) is 0 Å². The standard InChI is InChI=1S/C17H22N4O2S/c1-3-16(22)18-9-15-19-13-5-7-20(10-14(13)21(15)4-2)17(23)12-6-8-24-11-12/h6,8,11H,3-5,7,9-10H2,1-2H3,(H,18,22). The number of nitrogens with zero attached hydrogens (tertiary/aromatic N) is 3. The van der Waals surface area contributed by atoms with Crippen LogP contribution in [0.15, 0.2) is 16.8 Å². The third-order valence-electron chi connectivity index (χ3n) is 4.33. The van der Waals surface area contributed by atoms with Gasteiger partial charge in [-0.25, -0.2) is 4.98 Å². The van der Waals surface area contributed by atoms with Crippen LogP contribution in [-0.2, 0) is 30.8 Å². The number of thiophene rings is 1. The highest BCUT2D eigenvalue weighted by molar-refractivity contribution is 7.08. The Bertz CT molecular complexity index is 736. The van der Waals surface area contributed by atoms with E-state index < -0.39 is 0 Å². The molecular formula is C17H22N4O2S. The Hall–Kier alpha value is -2.15. The van der Waals surface area contributed by atoms with Gasteiger partial charge in [0.2, 0.25) is 5.91 Å². The molecule has 3 rings (SSSR count). The van der Waals surface area contributed by atoms with E-state index in [9.17, 15) is 9.59 Å². The Labute approximate surface area is 145 Å². The Balaban J connectivity index is 1.79. The number of carbonyl (C=O) groups excluding carboxylic acids is 2. The van der Waals surface area contributed by atoms with Gasteiger partial charge in [0.15, 0.2) is 0 Å². The second kappa shape index (κ2) is 7.17. The third-order valence-corrected chi connectivity index (χ3v) is 5.01. The molecule has 0 unspecified atom stereocenters. The number of imidazole rings is 1. The van der Waals surface area contributed by atoms with E-state index in [-0.39, 0.29) is 11.8 Å². The molecule has 0 radical (unpaired) electrons. The quantitative estimate of drug-likeness (QED) is 0.902. The number of amides is 2. The van der Waals surface area contributed by atoms with Crippen LogP contribution in [0.5, 0.6) is 0 Å². The Kier molecular flexibility index (Phi) is 4.99. The average molecular weight is 346 g/mol. The molecule has 0 saturated carbocycles. The molecule has 24 heavy (non-hydrogen) atoms. The fourth-order valence-electron chi connectivity index (χ4n) is 3.02. The van der Waals surface area contributed by atoms with E-state index in [1.807, 2.05) is 28.7 Å². The molecule has 1 N–H and O–H groups in total. The lowest BCUT2D eigenvalue weighted by molar-refractivity contribution is -0.120. The molecule has 0 bridgehead atoms. The van der Waals surface area contributed by atoms with E-state index >= 15 is 0 Å².